The fraction of sp³-hybridized carbons (Fsp3) is 0.481. The van der Waals surface area contributed by atoms with Crippen molar-refractivity contribution in [3.05, 3.63) is 65.7 Å². The molecule has 1 fully saturated rings. The number of nitrogens with one attached hydrogen (secondary N) is 2. The Balaban J connectivity index is 1.75. The number of carbonyl (C=O) groups is 2. The molecule has 0 aromatic heterocycles. The normalized spacial score (nSPS) is 17.5. The lowest BCUT2D eigenvalue weighted by Gasteiger charge is -2.49. The van der Waals surface area contributed by atoms with E-state index in [4.69, 9.17) is 0 Å². The molecule has 1 aliphatic rings. The van der Waals surface area contributed by atoms with Crippen LogP contribution in [0.3, 0.4) is 0 Å². The van der Waals surface area contributed by atoms with Gasteiger partial charge in [0.15, 0.2) is 0 Å². The van der Waals surface area contributed by atoms with Crippen molar-refractivity contribution >= 4 is 17.5 Å². The highest BCUT2D eigenvalue weighted by atomic mass is 16.2. The maximum Gasteiger partial charge on any atom is 0.255 e. The second kappa shape index (κ2) is 9.86. The molecule has 0 atom stereocenters. The van der Waals surface area contributed by atoms with Gasteiger partial charge in [-0.3, -0.25) is 9.59 Å². The number of hydrogen-bond donors (Lipinski definition) is 2. The predicted molar refractivity (Wildman–Crippen MR) is 131 cm³/mol. The summed E-state index contributed by atoms with van der Waals surface area (Å²) >= 11 is 0. The Morgan fingerprint density at radius 1 is 0.938 bits per heavy atom. The van der Waals surface area contributed by atoms with E-state index in [0.717, 1.165) is 32.2 Å². The largest absolute Gasteiger partial charge is 0.336 e. The fourth-order valence-electron chi connectivity index (χ4n) is 4.92. The van der Waals surface area contributed by atoms with Crippen LogP contribution in [0.15, 0.2) is 54.6 Å². The maximum absolute atomic E-state index is 13.5. The van der Waals surface area contributed by atoms with Gasteiger partial charge in [-0.2, -0.15) is 0 Å². The highest BCUT2D eigenvalue weighted by Gasteiger charge is 2.41. The number of unbranched alkanes of at least 4 members (excludes halogenated alkanes) is 1. The predicted octanol–water partition coefficient (Wildman–Crippen LogP) is 5.49. The fourth-order valence-corrected chi connectivity index (χ4v) is 4.92. The molecule has 1 aliphatic heterocycles. The van der Waals surface area contributed by atoms with Gasteiger partial charge in [0, 0.05) is 40.5 Å². The Hall–Kier alpha value is -2.66. The van der Waals surface area contributed by atoms with E-state index >= 15 is 0 Å². The van der Waals surface area contributed by atoms with Gasteiger partial charge in [-0.15, -0.1) is 0 Å². The molecule has 0 bridgehead atoms. The second-order valence-corrected chi connectivity index (χ2v) is 10.2. The first-order valence-corrected chi connectivity index (χ1v) is 11.7. The van der Waals surface area contributed by atoms with Gasteiger partial charge in [0.1, 0.15) is 0 Å². The van der Waals surface area contributed by atoms with Crippen molar-refractivity contribution in [2.24, 2.45) is 0 Å². The molecule has 5 heteroatoms. The third kappa shape index (κ3) is 6.19. The number of rotatable bonds is 7. The molecular weight excluding hydrogens is 398 g/mol. The van der Waals surface area contributed by atoms with E-state index in [2.05, 4.69) is 50.2 Å². The third-order valence-corrected chi connectivity index (χ3v) is 6.05. The number of nitrogens with zero attached hydrogens (tertiary/aromatic N) is 1. The average molecular weight is 436 g/mol. The minimum Gasteiger partial charge on any atom is -0.336 e. The van der Waals surface area contributed by atoms with Crippen molar-refractivity contribution < 1.29 is 9.59 Å². The Labute approximate surface area is 192 Å². The lowest BCUT2D eigenvalue weighted by molar-refractivity contribution is 0.0441. The van der Waals surface area contributed by atoms with E-state index in [1.165, 1.54) is 0 Å². The first kappa shape index (κ1) is 24.0. The minimum absolute atomic E-state index is 0.0251. The van der Waals surface area contributed by atoms with E-state index in [1.807, 2.05) is 42.5 Å². The zero-order valence-corrected chi connectivity index (χ0v) is 20.1. The summed E-state index contributed by atoms with van der Waals surface area (Å²) in [5.41, 5.74) is 1.90. The van der Waals surface area contributed by atoms with E-state index in [1.54, 1.807) is 12.1 Å². The van der Waals surface area contributed by atoms with E-state index < -0.39 is 0 Å². The van der Waals surface area contributed by atoms with Crippen molar-refractivity contribution in [3.63, 3.8) is 0 Å². The standard InChI is InChI=1S/C27H37N3O2/c1-6-7-17-30(23-18-26(2,3)29-27(4,5)19-23)25(32)21-13-15-22(16-14-21)28-24(31)20-11-9-8-10-12-20/h8-16,23,29H,6-7,17-19H2,1-5H3,(H,28,31). The number of anilines is 1. The van der Waals surface area contributed by atoms with Crippen molar-refractivity contribution in [3.8, 4) is 0 Å². The van der Waals surface area contributed by atoms with Crippen LogP contribution in [0.1, 0.15) is 81.0 Å². The Morgan fingerprint density at radius 3 is 2.09 bits per heavy atom. The van der Waals surface area contributed by atoms with Crippen LogP contribution in [0, 0.1) is 0 Å². The van der Waals surface area contributed by atoms with Crippen LogP contribution >= 0.6 is 0 Å². The SMILES string of the molecule is CCCCN(C(=O)c1ccc(NC(=O)c2ccccc2)cc1)C1CC(C)(C)NC(C)(C)C1. The lowest BCUT2D eigenvalue weighted by Crippen LogP contribution is -2.62. The number of carbonyl (C=O) groups excluding carboxylic acids is 2. The number of benzene rings is 2. The smallest absolute Gasteiger partial charge is 0.255 e. The molecule has 2 amide bonds. The minimum atomic E-state index is -0.159. The van der Waals surface area contributed by atoms with Crippen molar-refractivity contribution in [1.29, 1.82) is 0 Å². The van der Waals surface area contributed by atoms with Crippen molar-refractivity contribution in [2.45, 2.75) is 77.4 Å². The summed E-state index contributed by atoms with van der Waals surface area (Å²) in [5, 5.41) is 6.61. The van der Waals surface area contributed by atoms with Crippen LogP contribution in [0.4, 0.5) is 5.69 Å². The lowest BCUT2D eigenvalue weighted by atomic mass is 9.78. The summed E-state index contributed by atoms with van der Waals surface area (Å²) in [4.78, 5) is 28.0. The van der Waals surface area contributed by atoms with E-state index in [-0.39, 0.29) is 28.9 Å². The molecule has 0 spiro atoms. The van der Waals surface area contributed by atoms with Crippen LogP contribution in [-0.4, -0.2) is 40.4 Å². The van der Waals surface area contributed by atoms with Crippen molar-refractivity contribution in [1.82, 2.24) is 10.2 Å². The van der Waals surface area contributed by atoms with Gasteiger partial charge >= 0.3 is 0 Å². The molecule has 0 unspecified atom stereocenters. The van der Waals surface area contributed by atoms with Gasteiger partial charge in [-0.25, -0.2) is 0 Å². The van der Waals surface area contributed by atoms with Gasteiger partial charge in [0.2, 0.25) is 0 Å². The van der Waals surface area contributed by atoms with Crippen LogP contribution in [0.5, 0.6) is 0 Å². The highest BCUT2D eigenvalue weighted by Crippen LogP contribution is 2.32. The average Bonchev–Trinajstić information content (AvgIpc) is 2.73. The van der Waals surface area contributed by atoms with Gasteiger partial charge in [-0.05, 0) is 83.4 Å². The summed E-state index contributed by atoms with van der Waals surface area (Å²) in [6, 6.07) is 16.6. The van der Waals surface area contributed by atoms with Gasteiger partial charge in [-0.1, -0.05) is 31.5 Å². The van der Waals surface area contributed by atoms with Crippen LogP contribution in [0.2, 0.25) is 0 Å². The first-order chi connectivity index (χ1) is 15.1. The molecule has 0 saturated carbocycles. The highest BCUT2D eigenvalue weighted by molar-refractivity contribution is 6.04. The molecular formula is C27H37N3O2. The number of hydrogen-bond acceptors (Lipinski definition) is 3. The quantitative estimate of drug-likeness (QED) is 0.604. The summed E-state index contributed by atoms with van der Waals surface area (Å²) < 4.78 is 0. The summed E-state index contributed by atoms with van der Waals surface area (Å²) in [5.74, 6) is -0.0914. The molecule has 32 heavy (non-hydrogen) atoms. The molecule has 1 saturated heterocycles. The molecule has 3 rings (SSSR count). The molecule has 0 radical (unpaired) electrons. The molecule has 5 nitrogen and oxygen atoms in total. The topological polar surface area (TPSA) is 61.4 Å². The summed E-state index contributed by atoms with van der Waals surface area (Å²) in [7, 11) is 0. The van der Waals surface area contributed by atoms with E-state index in [9.17, 15) is 9.59 Å². The monoisotopic (exact) mass is 435 g/mol. The zero-order chi connectivity index (χ0) is 23.4. The van der Waals surface area contributed by atoms with Crippen LogP contribution in [-0.2, 0) is 0 Å². The Morgan fingerprint density at radius 2 is 1.53 bits per heavy atom. The second-order valence-electron chi connectivity index (χ2n) is 10.2. The maximum atomic E-state index is 13.5. The molecule has 1 heterocycles. The molecule has 2 N–H and O–H groups in total. The van der Waals surface area contributed by atoms with Gasteiger partial charge < -0.3 is 15.5 Å². The zero-order valence-electron chi connectivity index (χ0n) is 20.1. The summed E-state index contributed by atoms with van der Waals surface area (Å²) in [6.45, 7) is 11.8. The Bertz CT molecular complexity index is 904. The van der Waals surface area contributed by atoms with Crippen molar-refractivity contribution in [2.75, 3.05) is 11.9 Å². The van der Waals surface area contributed by atoms with Crippen LogP contribution in [0.25, 0.3) is 0 Å². The van der Waals surface area contributed by atoms with Crippen LogP contribution < -0.4 is 10.6 Å². The van der Waals surface area contributed by atoms with Gasteiger partial charge in [0.05, 0.1) is 0 Å². The first-order valence-electron chi connectivity index (χ1n) is 11.7. The summed E-state index contributed by atoms with van der Waals surface area (Å²) in [6.07, 6.45) is 3.89. The molecule has 2 aromatic carbocycles. The van der Waals surface area contributed by atoms with Gasteiger partial charge in [0.25, 0.3) is 11.8 Å². The molecule has 2 aromatic rings. The molecule has 172 valence electrons. The Kier molecular flexibility index (Phi) is 7.40. The number of piperidine rings is 1. The molecule has 0 aliphatic carbocycles. The number of amides is 2. The third-order valence-electron chi connectivity index (χ3n) is 6.05. The van der Waals surface area contributed by atoms with E-state index in [0.29, 0.717) is 16.8 Å².